The average Bonchev–Trinajstić information content (AvgIpc) is 2.44. The summed E-state index contributed by atoms with van der Waals surface area (Å²) < 4.78 is 13.8. The zero-order chi connectivity index (χ0) is 14.5. The van der Waals surface area contributed by atoms with Crippen molar-refractivity contribution in [3.63, 3.8) is 0 Å². The molecule has 0 fully saturated rings. The number of nitrogens with one attached hydrogen (secondary N) is 1. The third-order valence-electron chi connectivity index (χ3n) is 2.83. The maximum Gasteiger partial charge on any atom is 0.255 e. The van der Waals surface area contributed by atoms with Crippen molar-refractivity contribution in [2.45, 2.75) is 6.42 Å². The van der Waals surface area contributed by atoms with E-state index in [4.69, 9.17) is 5.73 Å². The Hall–Kier alpha value is -1.72. The van der Waals surface area contributed by atoms with Crippen LogP contribution in [0.15, 0.2) is 46.9 Å². The molecule has 0 aromatic heterocycles. The normalized spacial score (nSPS) is 10.3. The summed E-state index contributed by atoms with van der Waals surface area (Å²) in [4.78, 5) is 12.1. The van der Waals surface area contributed by atoms with Crippen LogP contribution < -0.4 is 11.1 Å². The Labute approximate surface area is 125 Å². The Bertz CT molecular complexity index is 614. The number of nitrogens with two attached hydrogens (primary N) is 1. The van der Waals surface area contributed by atoms with E-state index in [-0.39, 0.29) is 5.91 Å². The van der Waals surface area contributed by atoms with Gasteiger partial charge < -0.3 is 11.1 Å². The van der Waals surface area contributed by atoms with Crippen molar-refractivity contribution in [1.29, 1.82) is 0 Å². The van der Waals surface area contributed by atoms with Crippen molar-refractivity contribution in [2.75, 3.05) is 11.9 Å². The van der Waals surface area contributed by atoms with Crippen LogP contribution >= 0.6 is 15.9 Å². The molecule has 1 amide bonds. The molecule has 2 aromatic rings. The zero-order valence-electron chi connectivity index (χ0n) is 10.7. The predicted octanol–water partition coefficient (Wildman–Crippen LogP) is 3.34. The van der Waals surface area contributed by atoms with E-state index in [1.807, 2.05) is 12.1 Å². The lowest BCUT2D eigenvalue weighted by atomic mass is 10.1. The fraction of sp³-hybridized carbons (Fsp3) is 0.133. The summed E-state index contributed by atoms with van der Waals surface area (Å²) in [5, 5.41) is 2.67. The number of halogens is 2. The number of carbonyl (C=O) groups excluding carboxylic acids is 1. The zero-order valence-corrected chi connectivity index (χ0v) is 12.3. The van der Waals surface area contributed by atoms with Crippen LogP contribution in [0.25, 0.3) is 0 Å². The minimum Gasteiger partial charge on any atom is -0.330 e. The first-order chi connectivity index (χ1) is 9.60. The SMILES string of the molecule is NCCc1ccc(C(=O)Nc2cc(F)ccc2Br)cc1. The molecule has 0 aliphatic carbocycles. The Morgan fingerprint density at radius 3 is 2.55 bits per heavy atom. The summed E-state index contributed by atoms with van der Waals surface area (Å²) in [7, 11) is 0. The summed E-state index contributed by atoms with van der Waals surface area (Å²) in [5.74, 6) is -0.683. The summed E-state index contributed by atoms with van der Waals surface area (Å²) >= 11 is 3.27. The van der Waals surface area contributed by atoms with Gasteiger partial charge >= 0.3 is 0 Å². The molecule has 0 aliphatic heterocycles. The minimum atomic E-state index is -0.401. The average molecular weight is 337 g/mol. The summed E-state index contributed by atoms with van der Waals surface area (Å²) in [5.41, 5.74) is 7.47. The largest absolute Gasteiger partial charge is 0.330 e. The molecular formula is C15H14BrFN2O. The third-order valence-corrected chi connectivity index (χ3v) is 3.52. The van der Waals surface area contributed by atoms with E-state index < -0.39 is 5.82 Å². The van der Waals surface area contributed by atoms with Crippen LogP contribution in [0.3, 0.4) is 0 Å². The Morgan fingerprint density at radius 2 is 1.90 bits per heavy atom. The molecule has 104 valence electrons. The molecule has 0 aliphatic rings. The van der Waals surface area contributed by atoms with Crippen LogP contribution in [0.2, 0.25) is 0 Å². The van der Waals surface area contributed by atoms with E-state index in [9.17, 15) is 9.18 Å². The molecule has 0 spiro atoms. The van der Waals surface area contributed by atoms with Gasteiger partial charge in [-0.25, -0.2) is 4.39 Å². The summed E-state index contributed by atoms with van der Waals surface area (Å²) in [6, 6.07) is 11.3. The fourth-order valence-electron chi connectivity index (χ4n) is 1.78. The second-order valence-corrected chi connectivity index (χ2v) is 5.17. The predicted molar refractivity (Wildman–Crippen MR) is 81.3 cm³/mol. The first kappa shape index (κ1) is 14.7. The highest BCUT2D eigenvalue weighted by Crippen LogP contribution is 2.23. The van der Waals surface area contributed by atoms with Gasteiger partial charge in [-0.05, 0) is 64.8 Å². The van der Waals surface area contributed by atoms with Crippen LogP contribution in [0.1, 0.15) is 15.9 Å². The van der Waals surface area contributed by atoms with Crippen LogP contribution in [-0.2, 0) is 6.42 Å². The number of carbonyl (C=O) groups is 1. The first-order valence-electron chi connectivity index (χ1n) is 6.15. The van der Waals surface area contributed by atoms with Crippen LogP contribution in [0, 0.1) is 5.82 Å². The van der Waals surface area contributed by atoms with Gasteiger partial charge in [0.2, 0.25) is 0 Å². The molecule has 3 N–H and O–H groups in total. The summed E-state index contributed by atoms with van der Waals surface area (Å²) in [6.07, 6.45) is 0.775. The maximum absolute atomic E-state index is 13.2. The van der Waals surface area contributed by atoms with Crippen molar-refractivity contribution >= 4 is 27.5 Å². The Balaban J connectivity index is 2.13. The van der Waals surface area contributed by atoms with E-state index in [2.05, 4.69) is 21.2 Å². The van der Waals surface area contributed by atoms with Gasteiger partial charge in [0, 0.05) is 10.0 Å². The molecule has 0 radical (unpaired) electrons. The molecule has 0 saturated carbocycles. The first-order valence-corrected chi connectivity index (χ1v) is 6.95. The number of hydrogen-bond donors (Lipinski definition) is 2. The fourth-order valence-corrected chi connectivity index (χ4v) is 2.12. The van der Waals surface area contributed by atoms with Crippen LogP contribution in [-0.4, -0.2) is 12.5 Å². The van der Waals surface area contributed by atoms with Crippen molar-refractivity contribution in [2.24, 2.45) is 5.73 Å². The highest BCUT2D eigenvalue weighted by atomic mass is 79.9. The van der Waals surface area contributed by atoms with Gasteiger partial charge in [0.1, 0.15) is 5.82 Å². The molecule has 5 heteroatoms. The molecule has 2 aromatic carbocycles. The van der Waals surface area contributed by atoms with Crippen molar-refractivity contribution < 1.29 is 9.18 Å². The number of rotatable bonds is 4. The highest BCUT2D eigenvalue weighted by molar-refractivity contribution is 9.10. The van der Waals surface area contributed by atoms with Gasteiger partial charge in [0.15, 0.2) is 0 Å². The molecule has 0 unspecified atom stereocenters. The van der Waals surface area contributed by atoms with Crippen molar-refractivity contribution in [3.8, 4) is 0 Å². The number of benzene rings is 2. The number of amides is 1. The van der Waals surface area contributed by atoms with Gasteiger partial charge in [0.05, 0.1) is 5.69 Å². The molecule has 20 heavy (non-hydrogen) atoms. The Morgan fingerprint density at radius 1 is 1.20 bits per heavy atom. The molecule has 0 bridgehead atoms. The number of anilines is 1. The van der Waals surface area contributed by atoms with Crippen LogP contribution in [0.4, 0.5) is 10.1 Å². The molecule has 0 saturated heterocycles. The molecule has 3 nitrogen and oxygen atoms in total. The van der Waals surface area contributed by atoms with Gasteiger partial charge in [-0.2, -0.15) is 0 Å². The lowest BCUT2D eigenvalue weighted by molar-refractivity contribution is 0.102. The van der Waals surface area contributed by atoms with E-state index in [1.54, 1.807) is 18.2 Å². The smallest absolute Gasteiger partial charge is 0.255 e. The lowest BCUT2D eigenvalue weighted by Crippen LogP contribution is -2.12. The second kappa shape index (κ2) is 6.63. The Kier molecular flexibility index (Phi) is 4.87. The minimum absolute atomic E-state index is 0.282. The maximum atomic E-state index is 13.2. The van der Waals surface area contributed by atoms with E-state index in [0.717, 1.165) is 12.0 Å². The lowest BCUT2D eigenvalue weighted by Gasteiger charge is -2.08. The van der Waals surface area contributed by atoms with Gasteiger partial charge in [0.25, 0.3) is 5.91 Å². The quantitative estimate of drug-likeness (QED) is 0.899. The third kappa shape index (κ3) is 3.65. The van der Waals surface area contributed by atoms with Gasteiger partial charge in [-0.15, -0.1) is 0 Å². The highest BCUT2D eigenvalue weighted by Gasteiger charge is 2.09. The molecule has 2 rings (SSSR count). The standard InChI is InChI=1S/C15H14BrFN2O/c16-13-6-5-12(17)9-14(13)19-15(20)11-3-1-10(2-4-11)7-8-18/h1-6,9H,7-8,18H2,(H,19,20). The van der Waals surface area contributed by atoms with E-state index >= 15 is 0 Å². The van der Waals surface area contributed by atoms with Gasteiger partial charge in [-0.1, -0.05) is 12.1 Å². The van der Waals surface area contributed by atoms with E-state index in [1.165, 1.54) is 12.1 Å². The molecule has 0 heterocycles. The number of hydrogen-bond acceptors (Lipinski definition) is 2. The monoisotopic (exact) mass is 336 g/mol. The molecular weight excluding hydrogens is 323 g/mol. The second-order valence-electron chi connectivity index (χ2n) is 4.31. The van der Waals surface area contributed by atoms with Crippen molar-refractivity contribution in [1.82, 2.24) is 0 Å². The molecule has 0 atom stereocenters. The van der Waals surface area contributed by atoms with Crippen molar-refractivity contribution in [3.05, 3.63) is 63.9 Å². The van der Waals surface area contributed by atoms with Gasteiger partial charge in [-0.3, -0.25) is 4.79 Å². The van der Waals surface area contributed by atoms with E-state index in [0.29, 0.717) is 22.3 Å². The topological polar surface area (TPSA) is 55.1 Å². The van der Waals surface area contributed by atoms with Crippen LogP contribution in [0.5, 0.6) is 0 Å². The summed E-state index contributed by atoms with van der Waals surface area (Å²) in [6.45, 7) is 0.571.